The Morgan fingerprint density at radius 3 is 2.59 bits per heavy atom. The molecule has 6 nitrogen and oxygen atoms in total. The number of anilines is 2. The maximum atomic E-state index is 11.8. The van der Waals surface area contributed by atoms with Gasteiger partial charge in [-0.25, -0.2) is 4.98 Å². The highest BCUT2D eigenvalue weighted by molar-refractivity contribution is 5.57. The van der Waals surface area contributed by atoms with Crippen molar-refractivity contribution in [2.75, 3.05) is 17.6 Å². The van der Waals surface area contributed by atoms with E-state index in [9.17, 15) is 23.3 Å². The molecule has 0 saturated carbocycles. The van der Waals surface area contributed by atoms with Crippen LogP contribution in [0.15, 0.2) is 12.1 Å². The largest absolute Gasteiger partial charge is 0.390 e. The summed E-state index contributed by atoms with van der Waals surface area (Å²) in [6, 6.07) is 2.28. The SMILES string of the molecule is Nc1nc(NCCC(F)(F)F)ccc1[N+](=O)[O-]. The molecular formula is C8H9F3N4O2. The van der Waals surface area contributed by atoms with E-state index in [-0.39, 0.29) is 23.9 Å². The molecule has 0 saturated heterocycles. The average molecular weight is 250 g/mol. The van der Waals surface area contributed by atoms with Gasteiger partial charge in [-0.2, -0.15) is 13.2 Å². The van der Waals surface area contributed by atoms with Gasteiger partial charge >= 0.3 is 11.9 Å². The van der Waals surface area contributed by atoms with Crippen LogP contribution in [0.25, 0.3) is 0 Å². The summed E-state index contributed by atoms with van der Waals surface area (Å²) in [4.78, 5) is 13.2. The van der Waals surface area contributed by atoms with Crippen LogP contribution in [0.1, 0.15) is 6.42 Å². The molecule has 0 amide bonds. The van der Waals surface area contributed by atoms with E-state index < -0.39 is 17.5 Å². The molecule has 1 aromatic heterocycles. The summed E-state index contributed by atoms with van der Waals surface area (Å²) in [6.07, 6.45) is -5.29. The zero-order valence-corrected chi connectivity index (χ0v) is 8.49. The van der Waals surface area contributed by atoms with Crippen molar-refractivity contribution in [3.05, 3.63) is 22.2 Å². The molecule has 1 heterocycles. The zero-order chi connectivity index (χ0) is 13.1. The van der Waals surface area contributed by atoms with E-state index in [4.69, 9.17) is 5.73 Å². The van der Waals surface area contributed by atoms with Gasteiger partial charge in [0.2, 0.25) is 5.82 Å². The first-order valence-corrected chi connectivity index (χ1v) is 4.51. The maximum Gasteiger partial charge on any atom is 0.390 e. The zero-order valence-electron chi connectivity index (χ0n) is 8.49. The number of halogens is 3. The average Bonchev–Trinajstić information content (AvgIpc) is 2.15. The number of alkyl halides is 3. The van der Waals surface area contributed by atoms with Gasteiger partial charge in [-0.1, -0.05) is 0 Å². The van der Waals surface area contributed by atoms with E-state index in [1.54, 1.807) is 0 Å². The second-order valence-corrected chi connectivity index (χ2v) is 3.15. The van der Waals surface area contributed by atoms with E-state index in [2.05, 4.69) is 10.3 Å². The Morgan fingerprint density at radius 1 is 1.47 bits per heavy atom. The second kappa shape index (κ2) is 4.85. The van der Waals surface area contributed by atoms with E-state index in [1.165, 1.54) is 6.07 Å². The molecule has 1 aromatic rings. The number of hydrogen-bond donors (Lipinski definition) is 2. The summed E-state index contributed by atoms with van der Waals surface area (Å²) in [5.74, 6) is -0.274. The Labute approximate surface area is 93.8 Å². The number of nitrogen functional groups attached to an aromatic ring is 1. The Bertz CT molecular complexity index is 422. The van der Waals surface area contributed by atoms with E-state index in [0.717, 1.165) is 6.07 Å². The molecule has 0 bridgehead atoms. The molecule has 0 aliphatic rings. The molecule has 3 N–H and O–H groups in total. The highest BCUT2D eigenvalue weighted by atomic mass is 19.4. The molecule has 9 heteroatoms. The maximum absolute atomic E-state index is 11.8. The molecule has 0 spiro atoms. The van der Waals surface area contributed by atoms with Crippen LogP contribution in [0, 0.1) is 10.1 Å². The highest BCUT2D eigenvalue weighted by Gasteiger charge is 2.26. The van der Waals surface area contributed by atoms with Crippen molar-refractivity contribution in [1.29, 1.82) is 0 Å². The number of pyridine rings is 1. The molecule has 0 aliphatic carbocycles. The molecule has 0 aliphatic heterocycles. The fourth-order valence-corrected chi connectivity index (χ4v) is 1.05. The minimum atomic E-state index is -4.26. The van der Waals surface area contributed by atoms with Gasteiger partial charge in [0.05, 0.1) is 11.3 Å². The third kappa shape index (κ3) is 4.13. The normalized spacial score (nSPS) is 11.2. The number of nitro groups is 1. The van der Waals surface area contributed by atoms with Crippen LogP contribution in [0.5, 0.6) is 0 Å². The van der Waals surface area contributed by atoms with Crippen LogP contribution in [0.3, 0.4) is 0 Å². The number of rotatable bonds is 4. The van der Waals surface area contributed by atoms with Gasteiger partial charge in [-0.15, -0.1) is 0 Å². The van der Waals surface area contributed by atoms with Crippen LogP contribution in [-0.4, -0.2) is 22.6 Å². The van der Waals surface area contributed by atoms with Gasteiger partial charge in [-0.3, -0.25) is 10.1 Å². The standard InChI is InChI=1S/C8H9F3N4O2/c9-8(10,11)3-4-13-6-2-1-5(15(16)17)7(12)14-6/h1-2H,3-4H2,(H3,12,13,14). The number of hydrogen-bond acceptors (Lipinski definition) is 5. The lowest BCUT2D eigenvalue weighted by atomic mass is 10.3. The van der Waals surface area contributed by atoms with Crippen molar-refractivity contribution >= 4 is 17.3 Å². The van der Waals surface area contributed by atoms with Crippen LogP contribution in [0.2, 0.25) is 0 Å². The lowest BCUT2D eigenvalue weighted by molar-refractivity contribution is -0.384. The Kier molecular flexibility index (Phi) is 3.71. The first kappa shape index (κ1) is 13.0. The summed E-state index contributed by atoms with van der Waals surface area (Å²) >= 11 is 0. The van der Waals surface area contributed by atoms with Crippen molar-refractivity contribution in [2.24, 2.45) is 0 Å². The van der Waals surface area contributed by atoms with Gasteiger partial charge in [0.1, 0.15) is 5.82 Å². The summed E-state index contributed by atoms with van der Waals surface area (Å²) in [7, 11) is 0. The van der Waals surface area contributed by atoms with Crippen LogP contribution in [0.4, 0.5) is 30.5 Å². The predicted octanol–water partition coefficient (Wildman–Crippen LogP) is 1.94. The summed E-state index contributed by atoms with van der Waals surface area (Å²) in [5.41, 5.74) is 4.88. The summed E-state index contributed by atoms with van der Waals surface area (Å²) < 4.78 is 35.5. The first-order valence-electron chi connectivity index (χ1n) is 4.51. The second-order valence-electron chi connectivity index (χ2n) is 3.15. The number of nitrogens with one attached hydrogen (secondary N) is 1. The Hall–Kier alpha value is -2.06. The molecule has 0 aromatic carbocycles. The third-order valence-electron chi connectivity index (χ3n) is 1.81. The lowest BCUT2D eigenvalue weighted by Gasteiger charge is -2.08. The molecular weight excluding hydrogens is 241 g/mol. The van der Waals surface area contributed by atoms with E-state index in [0.29, 0.717) is 0 Å². The van der Waals surface area contributed by atoms with E-state index >= 15 is 0 Å². The van der Waals surface area contributed by atoms with E-state index in [1.807, 2.05) is 0 Å². The highest BCUT2D eigenvalue weighted by Crippen LogP contribution is 2.22. The monoisotopic (exact) mass is 250 g/mol. The number of aromatic nitrogens is 1. The van der Waals surface area contributed by atoms with Crippen molar-refractivity contribution in [3.8, 4) is 0 Å². The van der Waals surface area contributed by atoms with Gasteiger partial charge in [0, 0.05) is 12.6 Å². The number of nitrogens with zero attached hydrogens (tertiary/aromatic N) is 2. The van der Waals surface area contributed by atoms with Crippen LogP contribution < -0.4 is 11.1 Å². The topological polar surface area (TPSA) is 94.1 Å². The Balaban J connectivity index is 2.62. The molecule has 0 radical (unpaired) electrons. The Morgan fingerprint density at radius 2 is 2.12 bits per heavy atom. The smallest absolute Gasteiger partial charge is 0.378 e. The minimum Gasteiger partial charge on any atom is -0.378 e. The number of nitrogens with two attached hydrogens (primary N) is 1. The van der Waals surface area contributed by atoms with Gasteiger partial charge in [-0.05, 0) is 6.07 Å². The van der Waals surface area contributed by atoms with Gasteiger partial charge < -0.3 is 11.1 Å². The quantitative estimate of drug-likeness (QED) is 0.629. The van der Waals surface area contributed by atoms with Crippen molar-refractivity contribution < 1.29 is 18.1 Å². The molecule has 0 atom stereocenters. The molecule has 17 heavy (non-hydrogen) atoms. The lowest BCUT2D eigenvalue weighted by Crippen LogP contribution is -2.15. The van der Waals surface area contributed by atoms with Crippen LogP contribution in [-0.2, 0) is 0 Å². The summed E-state index contributed by atoms with van der Waals surface area (Å²) in [5, 5.41) is 12.8. The van der Waals surface area contributed by atoms with Gasteiger partial charge in [0.15, 0.2) is 0 Å². The van der Waals surface area contributed by atoms with Crippen molar-refractivity contribution in [3.63, 3.8) is 0 Å². The molecule has 0 fully saturated rings. The molecule has 94 valence electrons. The van der Waals surface area contributed by atoms with Gasteiger partial charge in [0.25, 0.3) is 0 Å². The first-order chi connectivity index (χ1) is 7.79. The minimum absolute atomic E-state index is 0.0670. The predicted molar refractivity (Wildman–Crippen MR) is 54.5 cm³/mol. The molecule has 1 rings (SSSR count). The fraction of sp³-hybridized carbons (Fsp3) is 0.375. The van der Waals surface area contributed by atoms with Crippen molar-refractivity contribution in [2.45, 2.75) is 12.6 Å². The van der Waals surface area contributed by atoms with Crippen LogP contribution >= 0.6 is 0 Å². The van der Waals surface area contributed by atoms with Crippen molar-refractivity contribution in [1.82, 2.24) is 4.98 Å². The summed E-state index contributed by atoms with van der Waals surface area (Å²) in [6.45, 7) is -0.367. The third-order valence-corrected chi connectivity index (χ3v) is 1.81. The fourth-order valence-electron chi connectivity index (χ4n) is 1.05. The molecule has 0 unspecified atom stereocenters.